The van der Waals surface area contributed by atoms with Crippen molar-refractivity contribution in [1.29, 1.82) is 0 Å². The van der Waals surface area contributed by atoms with E-state index in [4.69, 9.17) is 69.6 Å². The Morgan fingerprint density at radius 3 is 1.30 bits per heavy atom. The fraction of sp³-hybridized carbons (Fsp3) is 0.316. The summed E-state index contributed by atoms with van der Waals surface area (Å²) in [5, 5.41) is 11.1. The summed E-state index contributed by atoms with van der Waals surface area (Å²) in [7, 11) is 0. The second-order valence-electron chi connectivity index (χ2n) is 6.30. The highest BCUT2D eigenvalue weighted by Gasteiger charge is 2.37. The summed E-state index contributed by atoms with van der Waals surface area (Å²) in [5.74, 6) is 0. The highest BCUT2D eigenvalue weighted by Crippen LogP contribution is 2.30. The first-order chi connectivity index (χ1) is 14.1. The average molecular weight is 533 g/mol. The first-order valence-corrected chi connectivity index (χ1v) is 11.1. The van der Waals surface area contributed by atoms with Crippen LogP contribution in [0.4, 0.5) is 4.79 Å². The smallest absolute Gasteiger partial charge is 0.317 e. The van der Waals surface area contributed by atoms with Crippen molar-refractivity contribution < 1.29 is 4.79 Å². The van der Waals surface area contributed by atoms with Crippen molar-refractivity contribution in [3.8, 4) is 0 Å². The predicted molar refractivity (Wildman–Crippen MR) is 126 cm³/mol. The lowest BCUT2D eigenvalue weighted by atomic mass is 10.2. The van der Waals surface area contributed by atoms with Crippen molar-refractivity contribution in [3.63, 3.8) is 0 Å². The van der Waals surface area contributed by atoms with E-state index in [0.29, 0.717) is 13.1 Å². The average Bonchev–Trinajstić information content (AvgIpc) is 2.68. The first-order valence-electron chi connectivity index (χ1n) is 8.81. The van der Waals surface area contributed by atoms with E-state index < -0.39 is 25.9 Å². The highest BCUT2D eigenvalue weighted by molar-refractivity contribution is 6.68. The van der Waals surface area contributed by atoms with E-state index in [9.17, 15) is 4.79 Å². The molecule has 0 spiro atoms. The number of benzene rings is 2. The third-order valence-electron chi connectivity index (χ3n) is 3.91. The number of carbonyl (C=O) groups is 1. The molecule has 0 radical (unpaired) electrons. The van der Waals surface area contributed by atoms with Gasteiger partial charge in [-0.25, -0.2) is 4.79 Å². The number of hydrogen-bond acceptors (Lipinski definition) is 3. The maximum Gasteiger partial charge on any atom is 0.317 e. The van der Waals surface area contributed by atoms with Gasteiger partial charge >= 0.3 is 6.03 Å². The van der Waals surface area contributed by atoms with Crippen LogP contribution in [0.5, 0.6) is 0 Å². The minimum Gasteiger partial charge on any atom is -0.318 e. The van der Waals surface area contributed by atoms with Crippen molar-refractivity contribution >= 4 is 75.6 Å². The molecule has 30 heavy (non-hydrogen) atoms. The van der Waals surface area contributed by atoms with Crippen molar-refractivity contribution in [3.05, 3.63) is 71.8 Å². The molecule has 0 fully saturated rings. The van der Waals surface area contributed by atoms with Gasteiger partial charge in [0, 0.05) is 13.1 Å². The maximum absolute atomic E-state index is 12.5. The Morgan fingerprint density at radius 1 is 0.667 bits per heavy atom. The lowest BCUT2D eigenvalue weighted by molar-refractivity contribution is 0.227. The van der Waals surface area contributed by atoms with Crippen LogP contribution in [0.15, 0.2) is 60.7 Å². The Hall–Kier alpha value is -0.630. The molecule has 2 aromatic carbocycles. The number of rotatable bonds is 8. The zero-order chi connectivity index (χ0) is 22.2. The monoisotopic (exact) mass is 530 g/mol. The highest BCUT2D eigenvalue weighted by atomic mass is 35.6. The second-order valence-corrected chi connectivity index (χ2v) is 11.0. The number of carbonyl (C=O) groups excluding carboxylic acids is 1. The minimum absolute atomic E-state index is 0.361. The zero-order valence-electron chi connectivity index (χ0n) is 15.5. The topological polar surface area (TPSA) is 65.2 Å². The van der Waals surface area contributed by atoms with Gasteiger partial charge < -0.3 is 10.6 Å². The molecule has 0 bridgehead atoms. The van der Waals surface area contributed by atoms with Crippen LogP contribution in [-0.2, 0) is 13.1 Å². The number of alkyl halides is 6. The Labute approximate surface area is 205 Å². The van der Waals surface area contributed by atoms with E-state index >= 15 is 0 Å². The number of nitrogens with one attached hydrogen (secondary N) is 4. The Balaban J connectivity index is 1.97. The molecule has 2 amide bonds. The molecule has 2 aromatic rings. The van der Waals surface area contributed by atoms with Gasteiger partial charge in [-0.3, -0.25) is 10.6 Å². The summed E-state index contributed by atoms with van der Waals surface area (Å²) in [6.45, 7) is 0.722. The first kappa shape index (κ1) is 25.6. The van der Waals surface area contributed by atoms with Gasteiger partial charge in [0.15, 0.2) is 0 Å². The van der Waals surface area contributed by atoms with Gasteiger partial charge in [0.05, 0.1) is 0 Å². The molecule has 0 aliphatic rings. The molecule has 5 nitrogen and oxygen atoms in total. The predicted octanol–water partition coefficient (Wildman–Crippen LogP) is 5.26. The molecule has 0 unspecified atom stereocenters. The van der Waals surface area contributed by atoms with Crippen LogP contribution < -0.4 is 21.3 Å². The fourth-order valence-corrected chi connectivity index (χ4v) is 3.22. The van der Waals surface area contributed by atoms with Crippen LogP contribution in [-0.4, -0.2) is 25.9 Å². The quantitative estimate of drug-likeness (QED) is 0.277. The van der Waals surface area contributed by atoms with Gasteiger partial charge in [0.1, 0.15) is 12.3 Å². The molecular formula is C19H20Cl6N4O. The van der Waals surface area contributed by atoms with Gasteiger partial charge in [0.25, 0.3) is 0 Å². The second kappa shape index (κ2) is 11.8. The van der Waals surface area contributed by atoms with Gasteiger partial charge in [0.2, 0.25) is 7.59 Å². The van der Waals surface area contributed by atoms with Crippen LogP contribution in [0, 0.1) is 0 Å². The minimum atomic E-state index is -1.82. The summed E-state index contributed by atoms with van der Waals surface area (Å²) < 4.78 is -3.64. The van der Waals surface area contributed by atoms with Crippen molar-refractivity contribution in [1.82, 2.24) is 21.3 Å². The molecule has 2 rings (SSSR count). The third kappa shape index (κ3) is 9.25. The Bertz CT molecular complexity index is 718. The lowest BCUT2D eigenvalue weighted by Crippen LogP contribution is -2.61. The van der Waals surface area contributed by atoms with Crippen molar-refractivity contribution in [2.45, 2.75) is 33.0 Å². The molecular weight excluding hydrogens is 513 g/mol. The van der Waals surface area contributed by atoms with E-state index in [0.717, 1.165) is 11.1 Å². The van der Waals surface area contributed by atoms with Gasteiger partial charge in [-0.05, 0) is 11.1 Å². The standard InChI is InChI=1S/C19H20Cl6N4O/c20-18(21,22)15(26-11-13-7-3-1-4-8-13)28-17(30)29-16(19(23,24)25)27-12-14-9-5-2-6-10-14/h1-10,15-16,26-27H,11-12H2,(H2,28,29,30)/t15-,16+. The normalized spacial score (nSPS) is 14.1. The summed E-state index contributed by atoms with van der Waals surface area (Å²) >= 11 is 36.1. The molecule has 0 saturated carbocycles. The lowest BCUT2D eigenvalue weighted by Gasteiger charge is -2.30. The number of urea groups is 1. The van der Waals surface area contributed by atoms with E-state index in [1.807, 2.05) is 60.7 Å². The van der Waals surface area contributed by atoms with Crippen molar-refractivity contribution in [2.24, 2.45) is 0 Å². The SMILES string of the molecule is O=C(N[C@@H](NCc1ccccc1)C(Cl)(Cl)Cl)N[C@H](NCc1ccccc1)C(Cl)(Cl)Cl. The molecule has 4 N–H and O–H groups in total. The van der Waals surface area contributed by atoms with E-state index in [2.05, 4.69) is 21.3 Å². The van der Waals surface area contributed by atoms with Crippen LogP contribution in [0.2, 0.25) is 0 Å². The van der Waals surface area contributed by atoms with Crippen LogP contribution >= 0.6 is 69.6 Å². The van der Waals surface area contributed by atoms with E-state index in [1.165, 1.54) is 0 Å². The maximum atomic E-state index is 12.5. The molecule has 11 heteroatoms. The molecule has 0 saturated heterocycles. The van der Waals surface area contributed by atoms with Gasteiger partial charge in [-0.2, -0.15) is 0 Å². The van der Waals surface area contributed by atoms with E-state index in [1.54, 1.807) is 0 Å². The fourth-order valence-electron chi connectivity index (χ4n) is 2.43. The number of halogens is 6. The number of hydrogen-bond donors (Lipinski definition) is 4. The summed E-state index contributed by atoms with van der Waals surface area (Å²) in [5.41, 5.74) is 1.89. The molecule has 0 aliphatic heterocycles. The molecule has 0 aromatic heterocycles. The molecule has 2 atom stereocenters. The van der Waals surface area contributed by atoms with Gasteiger partial charge in [-0.1, -0.05) is 130 Å². The van der Waals surface area contributed by atoms with Crippen molar-refractivity contribution in [2.75, 3.05) is 0 Å². The number of amides is 2. The summed E-state index contributed by atoms with van der Waals surface area (Å²) in [6.07, 6.45) is -2.01. The third-order valence-corrected chi connectivity index (χ3v) is 5.22. The van der Waals surface area contributed by atoms with Crippen LogP contribution in [0.25, 0.3) is 0 Å². The van der Waals surface area contributed by atoms with E-state index in [-0.39, 0.29) is 0 Å². The summed E-state index contributed by atoms with van der Waals surface area (Å²) in [4.78, 5) is 12.5. The molecule has 0 aliphatic carbocycles. The van der Waals surface area contributed by atoms with Crippen LogP contribution in [0.1, 0.15) is 11.1 Å². The van der Waals surface area contributed by atoms with Gasteiger partial charge in [-0.15, -0.1) is 0 Å². The Morgan fingerprint density at radius 2 is 1.00 bits per heavy atom. The summed E-state index contributed by atoms with van der Waals surface area (Å²) in [6, 6.07) is 18.2. The van der Waals surface area contributed by atoms with Crippen LogP contribution in [0.3, 0.4) is 0 Å². The largest absolute Gasteiger partial charge is 0.318 e. The Kier molecular flexibility index (Phi) is 10.1. The molecule has 164 valence electrons. The zero-order valence-corrected chi connectivity index (χ0v) is 20.1. The molecule has 0 heterocycles.